The van der Waals surface area contributed by atoms with Gasteiger partial charge in [-0.2, -0.15) is 0 Å². The molecule has 1 atom stereocenters. The summed E-state index contributed by atoms with van der Waals surface area (Å²) in [6.45, 7) is 2.20. The molecule has 158 valence electrons. The van der Waals surface area contributed by atoms with E-state index in [1.54, 1.807) is 0 Å². The van der Waals surface area contributed by atoms with Crippen molar-refractivity contribution in [1.29, 1.82) is 0 Å². The number of aromatic nitrogens is 1. The molecule has 0 spiro atoms. The molecule has 0 amide bonds. The molecule has 0 bridgehead atoms. The average molecular weight is 424 g/mol. The summed E-state index contributed by atoms with van der Waals surface area (Å²) >= 11 is 0. The maximum absolute atomic E-state index is 4.91. The normalized spacial score (nSPS) is 16.3. The zero-order valence-corrected chi connectivity index (χ0v) is 18.7. The van der Waals surface area contributed by atoms with E-state index in [0.717, 1.165) is 12.1 Å². The number of hydrogen-bond donors (Lipinski definition) is 0. The van der Waals surface area contributed by atoms with E-state index < -0.39 is 5.41 Å². The van der Waals surface area contributed by atoms with Gasteiger partial charge in [-0.25, -0.2) is 0 Å². The molecular weight excluding hydrogens is 398 g/mol. The van der Waals surface area contributed by atoms with Crippen molar-refractivity contribution in [2.75, 3.05) is 0 Å². The lowest BCUT2D eigenvalue weighted by molar-refractivity contribution is 0.735. The highest BCUT2D eigenvalue weighted by Crippen LogP contribution is 2.56. The number of fused-ring (bicyclic) bond motifs is 3. The standard InChI is InChI=1S/C32H25N/c1-2-23-15-17-24(18-16-23)25-19-20-30-28(22-25)27-12-6-7-13-29(27)32(30,26-10-4-3-5-11-26)31-14-8-9-21-33-31/h3-22H,2H2,1H3. The second-order valence-electron chi connectivity index (χ2n) is 8.69. The zero-order chi connectivity index (χ0) is 22.3. The van der Waals surface area contributed by atoms with Gasteiger partial charge in [0, 0.05) is 6.20 Å². The van der Waals surface area contributed by atoms with Gasteiger partial charge in [0.1, 0.15) is 0 Å². The van der Waals surface area contributed by atoms with E-state index in [-0.39, 0.29) is 0 Å². The minimum Gasteiger partial charge on any atom is -0.260 e. The van der Waals surface area contributed by atoms with E-state index >= 15 is 0 Å². The lowest BCUT2D eigenvalue weighted by Gasteiger charge is -2.32. The van der Waals surface area contributed by atoms with Crippen molar-refractivity contribution in [3.63, 3.8) is 0 Å². The molecule has 0 fully saturated rings. The summed E-state index contributed by atoms with van der Waals surface area (Å²) in [6.07, 6.45) is 2.96. The summed E-state index contributed by atoms with van der Waals surface area (Å²) in [6, 6.07) is 41.8. The van der Waals surface area contributed by atoms with Crippen molar-refractivity contribution in [1.82, 2.24) is 4.98 Å². The van der Waals surface area contributed by atoms with Crippen molar-refractivity contribution in [3.05, 3.63) is 149 Å². The third-order valence-electron chi connectivity index (χ3n) is 7.00. The highest BCUT2D eigenvalue weighted by atomic mass is 14.7. The van der Waals surface area contributed by atoms with Gasteiger partial charge in [0.05, 0.1) is 11.1 Å². The van der Waals surface area contributed by atoms with Crippen LogP contribution in [0.3, 0.4) is 0 Å². The van der Waals surface area contributed by atoms with E-state index in [1.807, 2.05) is 12.3 Å². The Morgan fingerprint density at radius 2 is 1.30 bits per heavy atom. The minimum absolute atomic E-state index is 0.432. The number of benzene rings is 4. The molecule has 1 aliphatic carbocycles. The highest BCUT2D eigenvalue weighted by Gasteiger charge is 2.47. The van der Waals surface area contributed by atoms with Gasteiger partial charge in [-0.05, 0) is 69.1 Å². The fraction of sp³-hybridized carbons (Fsp3) is 0.0938. The Labute approximate surface area is 195 Å². The van der Waals surface area contributed by atoms with E-state index in [1.165, 1.54) is 44.5 Å². The summed E-state index contributed by atoms with van der Waals surface area (Å²) in [5.41, 5.74) is 10.9. The first-order chi connectivity index (χ1) is 16.3. The quantitative estimate of drug-likeness (QED) is 0.283. The Balaban J connectivity index is 1.65. The van der Waals surface area contributed by atoms with Crippen molar-refractivity contribution in [2.24, 2.45) is 0 Å². The molecule has 0 saturated carbocycles. The molecule has 5 aromatic rings. The lowest BCUT2D eigenvalue weighted by Crippen LogP contribution is -2.29. The van der Waals surface area contributed by atoms with Gasteiger partial charge >= 0.3 is 0 Å². The fourth-order valence-corrected chi connectivity index (χ4v) is 5.40. The Kier molecular flexibility index (Phi) is 4.69. The first-order valence-electron chi connectivity index (χ1n) is 11.6. The second kappa shape index (κ2) is 7.86. The average Bonchev–Trinajstić information content (AvgIpc) is 3.20. The molecule has 1 aliphatic rings. The van der Waals surface area contributed by atoms with Gasteiger partial charge in [-0.3, -0.25) is 4.98 Å². The molecule has 1 aromatic heterocycles. The maximum atomic E-state index is 4.91. The molecule has 1 heterocycles. The number of rotatable bonds is 4. The van der Waals surface area contributed by atoms with Crippen LogP contribution in [0.4, 0.5) is 0 Å². The van der Waals surface area contributed by atoms with Crippen molar-refractivity contribution >= 4 is 0 Å². The van der Waals surface area contributed by atoms with Gasteiger partial charge < -0.3 is 0 Å². The van der Waals surface area contributed by atoms with Crippen molar-refractivity contribution in [2.45, 2.75) is 18.8 Å². The van der Waals surface area contributed by atoms with Gasteiger partial charge in [0.15, 0.2) is 0 Å². The van der Waals surface area contributed by atoms with Crippen LogP contribution in [0.25, 0.3) is 22.3 Å². The molecule has 1 nitrogen and oxygen atoms in total. The summed E-state index contributed by atoms with van der Waals surface area (Å²) in [5, 5.41) is 0. The summed E-state index contributed by atoms with van der Waals surface area (Å²) < 4.78 is 0. The molecule has 0 saturated heterocycles. The zero-order valence-electron chi connectivity index (χ0n) is 18.7. The van der Waals surface area contributed by atoms with E-state index in [0.29, 0.717) is 0 Å². The van der Waals surface area contributed by atoms with Crippen LogP contribution in [0.5, 0.6) is 0 Å². The summed E-state index contributed by atoms with van der Waals surface area (Å²) in [5.74, 6) is 0. The maximum Gasteiger partial charge on any atom is 0.0885 e. The van der Waals surface area contributed by atoms with Crippen LogP contribution in [0, 0.1) is 0 Å². The second-order valence-corrected chi connectivity index (χ2v) is 8.69. The topological polar surface area (TPSA) is 12.9 Å². The van der Waals surface area contributed by atoms with Crippen LogP contribution >= 0.6 is 0 Å². The Hall–Kier alpha value is -3.97. The van der Waals surface area contributed by atoms with Crippen LogP contribution in [0.15, 0.2) is 121 Å². The smallest absolute Gasteiger partial charge is 0.0885 e. The molecule has 0 N–H and O–H groups in total. The number of aryl methyl sites for hydroxylation is 1. The largest absolute Gasteiger partial charge is 0.260 e. The van der Waals surface area contributed by atoms with E-state index in [9.17, 15) is 0 Å². The minimum atomic E-state index is -0.432. The van der Waals surface area contributed by atoms with Crippen LogP contribution in [0.1, 0.15) is 34.9 Å². The monoisotopic (exact) mass is 423 g/mol. The van der Waals surface area contributed by atoms with E-state index in [4.69, 9.17) is 4.98 Å². The first kappa shape index (κ1) is 19.7. The van der Waals surface area contributed by atoms with Crippen LogP contribution in [0.2, 0.25) is 0 Å². The van der Waals surface area contributed by atoms with Gasteiger partial charge in [0.25, 0.3) is 0 Å². The predicted molar refractivity (Wildman–Crippen MR) is 136 cm³/mol. The first-order valence-corrected chi connectivity index (χ1v) is 11.6. The van der Waals surface area contributed by atoms with Gasteiger partial charge in [-0.15, -0.1) is 0 Å². The Bertz CT molecular complexity index is 1380. The highest BCUT2D eigenvalue weighted by molar-refractivity contribution is 5.88. The molecule has 1 unspecified atom stereocenters. The molecule has 4 aromatic carbocycles. The van der Waals surface area contributed by atoms with Crippen molar-refractivity contribution < 1.29 is 0 Å². The van der Waals surface area contributed by atoms with Gasteiger partial charge in [0.2, 0.25) is 0 Å². The van der Waals surface area contributed by atoms with E-state index in [2.05, 4.69) is 116 Å². The van der Waals surface area contributed by atoms with Crippen LogP contribution in [-0.4, -0.2) is 4.98 Å². The molecular formula is C32H25N. The van der Waals surface area contributed by atoms with Crippen LogP contribution in [-0.2, 0) is 11.8 Å². The molecule has 6 rings (SSSR count). The fourth-order valence-electron chi connectivity index (χ4n) is 5.40. The molecule has 33 heavy (non-hydrogen) atoms. The van der Waals surface area contributed by atoms with Crippen LogP contribution < -0.4 is 0 Å². The van der Waals surface area contributed by atoms with Crippen molar-refractivity contribution in [3.8, 4) is 22.3 Å². The molecule has 0 radical (unpaired) electrons. The lowest BCUT2D eigenvalue weighted by atomic mass is 9.70. The number of pyridine rings is 1. The third kappa shape index (κ3) is 2.97. The predicted octanol–water partition coefficient (Wildman–Crippen LogP) is 7.67. The molecule has 0 aliphatic heterocycles. The Morgan fingerprint density at radius 1 is 0.606 bits per heavy atom. The number of hydrogen-bond acceptors (Lipinski definition) is 1. The number of nitrogens with zero attached hydrogens (tertiary/aromatic N) is 1. The summed E-state index contributed by atoms with van der Waals surface area (Å²) in [7, 11) is 0. The molecule has 1 heteroatoms. The Morgan fingerprint density at radius 3 is 2.06 bits per heavy atom. The third-order valence-corrected chi connectivity index (χ3v) is 7.00. The SMILES string of the molecule is CCc1ccc(-c2ccc3c(c2)-c2ccccc2C3(c2ccccc2)c2ccccn2)cc1. The van der Waals surface area contributed by atoms with Gasteiger partial charge in [-0.1, -0.05) is 104 Å². The summed E-state index contributed by atoms with van der Waals surface area (Å²) in [4.78, 5) is 4.91.